The molecule has 4 aromatic carbocycles. The average Bonchev–Trinajstić information content (AvgIpc) is 3.42. The fourth-order valence-corrected chi connectivity index (χ4v) is 5.33. The molecule has 2 heterocycles. The Morgan fingerprint density at radius 1 is 0.750 bits per heavy atom. The first kappa shape index (κ1) is 25.4. The van der Waals surface area contributed by atoms with E-state index in [2.05, 4.69) is 113 Å². The maximum Gasteiger partial charge on any atom is 0.150 e. The van der Waals surface area contributed by atoms with E-state index in [-0.39, 0.29) is 5.92 Å². The molecule has 40 heavy (non-hydrogen) atoms. The van der Waals surface area contributed by atoms with Crippen LogP contribution in [0, 0.1) is 0 Å². The van der Waals surface area contributed by atoms with E-state index in [4.69, 9.17) is 14.7 Å². The van der Waals surface area contributed by atoms with E-state index in [1.54, 1.807) is 6.33 Å². The number of hydrogen-bond acceptors (Lipinski definition) is 4. The molecule has 0 spiro atoms. The number of nitrogens with zero attached hydrogens (tertiary/aromatic N) is 3. The van der Waals surface area contributed by atoms with Gasteiger partial charge in [-0.1, -0.05) is 91.0 Å². The largest absolute Gasteiger partial charge is 0.494 e. The first-order valence-corrected chi connectivity index (χ1v) is 13.8. The van der Waals surface area contributed by atoms with Crippen LogP contribution < -0.4 is 10.1 Å². The molecule has 0 saturated carbocycles. The van der Waals surface area contributed by atoms with E-state index in [1.807, 2.05) is 25.1 Å². The van der Waals surface area contributed by atoms with Gasteiger partial charge in [0.2, 0.25) is 0 Å². The zero-order valence-corrected chi connectivity index (χ0v) is 22.6. The molecule has 6 rings (SSSR count). The van der Waals surface area contributed by atoms with Crippen molar-refractivity contribution in [3.05, 3.63) is 139 Å². The average molecular weight is 525 g/mol. The van der Waals surface area contributed by atoms with E-state index in [0.29, 0.717) is 6.61 Å². The molecule has 5 nitrogen and oxygen atoms in total. The summed E-state index contributed by atoms with van der Waals surface area (Å²) in [5.41, 5.74) is 6.73. The maximum atomic E-state index is 5.66. The number of nitrogens with one attached hydrogen (secondary N) is 1. The van der Waals surface area contributed by atoms with Crippen LogP contribution in [-0.2, 0) is 0 Å². The maximum absolute atomic E-state index is 5.66. The number of ether oxygens (including phenoxy) is 1. The van der Waals surface area contributed by atoms with E-state index >= 15 is 0 Å². The van der Waals surface area contributed by atoms with Crippen molar-refractivity contribution in [1.82, 2.24) is 14.5 Å². The second-order valence-corrected chi connectivity index (χ2v) is 9.72. The fraction of sp³-hybridized carbons (Fsp3) is 0.143. The molecule has 0 fully saturated rings. The Kier molecular flexibility index (Phi) is 7.53. The Morgan fingerprint density at radius 2 is 1.38 bits per heavy atom. The van der Waals surface area contributed by atoms with Crippen molar-refractivity contribution in [3.63, 3.8) is 0 Å². The molecule has 0 amide bonds. The minimum atomic E-state index is 0.286. The molecule has 0 unspecified atom stereocenters. The van der Waals surface area contributed by atoms with Crippen LogP contribution in [0.3, 0.4) is 0 Å². The molecule has 0 aliphatic rings. The number of rotatable bonds is 10. The standard InChI is InChI=1S/C35H32N4O/c1-2-40-30-20-18-29(19-21-30)39-24-32(28-16-10-5-11-17-28)33-34(37-25-38-35(33)39)36-23-22-31(26-12-6-3-7-13-26)27-14-8-4-9-15-27/h3-21,24-25,31H,2,22-23H2,1H3,(H,36,37,38). The summed E-state index contributed by atoms with van der Waals surface area (Å²) < 4.78 is 7.80. The lowest BCUT2D eigenvalue weighted by Gasteiger charge is -2.19. The Balaban J connectivity index is 1.35. The second kappa shape index (κ2) is 11.9. The molecule has 0 aliphatic carbocycles. The molecule has 0 saturated heterocycles. The third kappa shape index (κ3) is 5.32. The van der Waals surface area contributed by atoms with Crippen LogP contribution in [0.25, 0.3) is 27.8 Å². The summed E-state index contributed by atoms with van der Waals surface area (Å²) in [6, 6.07) is 40.0. The Morgan fingerprint density at radius 3 is 2.00 bits per heavy atom. The van der Waals surface area contributed by atoms with Gasteiger partial charge >= 0.3 is 0 Å². The van der Waals surface area contributed by atoms with Gasteiger partial charge in [0.1, 0.15) is 17.9 Å². The van der Waals surface area contributed by atoms with Gasteiger partial charge in [-0.2, -0.15) is 0 Å². The van der Waals surface area contributed by atoms with Gasteiger partial charge in [0, 0.05) is 29.9 Å². The lowest BCUT2D eigenvalue weighted by molar-refractivity contribution is 0.340. The van der Waals surface area contributed by atoms with Crippen LogP contribution in [0.4, 0.5) is 5.82 Å². The minimum absolute atomic E-state index is 0.286. The summed E-state index contributed by atoms with van der Waals surface area (Å²) in [5, 5.41) is 4.69. The molecule has 2 aromatic heterocycles. The van der Waals surface area contributed by atoms with Crippen LogP contribution in [0.5, 0.6) is 5.75 Å². The highest BCUT2D eigenvalue weighted by molar-refractivity contribution is 6.02. The van der Waals surface area contributed by atoms with Crippen molar-refractivity contribution < 1.29 is 4.74 Å². The summed E-state index contributed by atoms with van der Waals surface area (Å²) >= 11 is 0. The predicted molar refractivity (Wildman–Crippen MR) is 163 cm³/mol. The second-order valence-electron chi connectivity index (χ2n) is 9.72. The van der Waals surface area contributed by atoms with Crippen molar-refractivity contribution in [2.45, 2.75) is 19.3 Å². The van der Waals surface area contributed by atoms with Crippen LogP contribution >= 0.6 is 0 Å². The highest BCUT2D eigenvalue weighted by Gasteiger charge is 2.19. The molecule has 0 atom stereocenters. The number of fused-ring (bicyclic) bond motifs is 1. The third-order valence-electron chi connectivity index (χ3n) is 7.22. The summed E-state index contributed by atoms with van der Waals surface area (Å²) in [4.78, 5) is 9.47. The van der Waals surface area contributed by atoms with Gasteiger partial charge in [0.25, 0.3) is 0 Å². The monoisotopic (exact) mass is 524 g/mol. The highest BCUT2D eigenvalue weighted by atomic mass is 16.5. The van der Waals surface area contributed by atoms with Gasteiger partial charge in [-0.05, 0) is 54.3 Å². The zero-order chi connectivity index (χ0) is 27.1. The van der Waals surface area contributed by atoms with Crippen LogP contribution in [0.15, 0.2) is 128 Å². The van der Waals surface area contributed by atoms with Gasteiger partial charge in [-0.25, -0.2) is 9.97 Å². The predicted octanol–water partition coefficient (Wildman–Crippen LogP) is 8.12. The van der Waals surface area contributed by atoms with E-state index in [0.717, 1.165) is 52.4 Å². The molecule has 1 N–H and O–H groups in total. The van der Waals surface area contributed by atoms with Crippen molar-refractivity contribution in [3.8, 4) is 22.6 Å². The molecule has 0 bridgehead atoms. The topological polar surface area (TPSA) is 52.0 Å². The Hall–Kier alpha value is -4.90. The summed E-state index contributed by atoms with van der Waals surface area (Å²) in [7, 11) is 0. The zero-order valence-electron chi connectivity index (χ0n) is 22.6. The normalized spacial score (nSPS) is 11.2. The highest BCUT2D eigenvalue weighted by Crippen LogP contribution is 2.36. The van der Waals surface area contributed by atoms with Crippen LogP contribution in [-0.4, -0.2) is 27.7 Å². The smallest absolute Gasteiger partial charge is 0.150 e. The molecular weight excluding hydrogens is 492 g/mol. The molecule has 0 aliphatic heterocycles. The summed E-state index contributed by atoms with van der Waals surface area (Å²) in [6.07, 6.45) is 4.74. The molecular formula is C35H32N4O. The van der Waals surface area contributed by atoms with Crippen LogP contribution in [0.1, 0.15) is 30.4 Å². The Bertz CT molecular complexity index is 1620. The first-order chi connectivity index (χ1) is 19.8. The van der Waals surface area contributed by atoms with Gasteiger partial charge in [0.05, 0.1) is 12.0 Å². The lowest BCUT2D eigenvalue weighted by atomic mass is 9.88. The van der Waals surface area contributed by atoms with E-state index < -0.39 is 0 Å². The number of anilines is 1. The SMILES string of the molecule is CCOc1ccc(-n2cc(-c3ccccc3)c3c(NCCC(c4ccccc4)c4ccccc4)ncnc32)cc1. The summed E-state index contributed by atoms with van der Waals surface area (Å²) in [5.74, 6) is 1.98. The van der Waals surface area contributed by atoms with E-state index in [1.165, 1.54) is 11.1 Å². The van der Waals surface area contributed by atoms with Crippen molar-refractivity contribution in [2.75, 3.05) is 18.5 Å². The first-order valence-electron chi connectivity index (χ1n) is 13.8. The number of aromatic nitrogens is 3. The van der Waals surface area contributed by atoms with Gasteiger partial charge < -0.3 is 14.6 Å². The van der Waals surface area contributed by atoms with Gasteiger partial charge in [-0.3, -0.25) is 0 Å². The fourth-order valence-electron chi connectivity index (χ4n) is 5.33. The third-order valence-corrected chi connectivity index (χ3v) is 7.22. The summed E-state index contributed by atoms with van der Waals surface area (Å²) in [6.45, 7) is 3.40. The number of hydrogen-bond donors (Lipinski definition) is 1. The quantitative estimate of drug-likeness (QED) is 0.197. The number of benzene rings is 4. The Labute approximate surface area is 235 Å². The van der Waals surface area contributed by atoms with Gasteiger partial charge in [-0.15, -0.1) is 0 Å². The van der Waals surface area contributed by atoms with Crippen molar-refractivity contribution >= 4 is 16.9 Å². The van der Waals surface area contributed by atoms with Crippen LogP contribution in [0.2, 0.25) is 0 Å². The molecule has 5 heteroatoms. The van der Waals surface area contributed by atoms with Crippen molar-refractivity contribution in [1.29, 1.82) is 0 Å². The minimum Gasteiger partial charge on any atom is -0.494 e. The molecule has 0 radical (unpaired) electrons. The molecule has 198 valence electrons. The van der Waals surface area contributed by atoms with Crippen molar-refractivity contribution in [2.24, 2.45) is 0 Å². The molecule has 6 aromatic rings. The van der Waals surface area contributed by atoms with Gasteiger partial charge in [0.15, 0.2) is 5.65 Å². The van der Waals surface area contributed by atoms with E-state index in [9.17, 15) is 0 Å². The lowest BCUT2D eigenvalue weighted by Crippen LogP contribution is -2.10.